The van der Waals surface area contributed by atoms with Gasteiger partial charge in [0, 0.05) is 25.4 Å². The number of ether oxygens (including phenoxy) is 2. The first-order valence-corrected chi connectivity index (χ1v) is 8.89. The van der Waals surface area contributed by atoms with Crippen LogP contribution in [-0.2, 0) is 14.3 Å². The fraction of sp³-hybridized carbons (Fsp3) is 0.250. The Morgan fingerprint density at radius 2 is 2.04 bits per heavy atom. The Bertz CT molecular complexity index is 929. The normalized spacial score (nSPS) is 18.5. The standard InChI is InChI=1S/C20H19ClN2O5/c1-27-10-9-23-17(15-5-3-4-8-22-15)16(19(25)20(23)26)18(24)13-11-12(28-2)6-7-14(13)21/h3-8,11,17,24H,9-10H2,1-2H3/b18-16+. The minimum atomic E-state index is -0.849. The van der Waals surface area contributed by atoms with E-state index in [1.165, 1.54) is 25.2 Å². The number of methoxy groups -OCH3 is 2. The van der Waals surface area contributed by atoms with Gasteiger partial charge in [-0.05, 0) is 30.3 Å². The maximum Gasteiger partial charge on any atom is 0.295 e. The van der Waals surface area contributed by atoms with Crippen LogP contribution in [-0.4, -0.2) is 54.1 Å². The van der Waals surface area contributed by atoms with E-state index in [2.05, 4.69) is 4.98 Å². The molecule has 1 aliphatic rings. The average molecular weight is 403 g/mol. The number of halogens is 1. The van der Waals surface area contributed by atoms with Gasteiger partial charge in [-0.1, -0.05) is 17.7 Å². The van der Waals surface area contributed by atoms with Gasteiger partial charge in [-0.15, -0.1) is 0 Å². The van der Waals surface area contributed by atoms with E-state index < -0.39 is 17.7 Å². The number of nitrogens with zero attached hydrogens (tertiary/aromatic N) is 2. The molecular weight excluding hydrogens is 384 g/mol. The van der Waals surface area contributed by atoms with Gasteiger partial charge < -0.3 is 19.5 Å². The predicted molar refractivity (Wildman–Crippen MR) is 103 cm³/mol. The minimum absolute atomic E-state index is 0.0741. The maximum absolute atomic E-state index is 12.8. The van der Waals surface area contributed by atoms with E-state index in [-0.39, 0.29) is 35.1 Å². The summed E-state index contributed by atoms with van der Waals surface area (Å²) in [6.07, 6.45) is 1.56. The van der Waals surface area contributed by atoms with Crippen molar-refractivity contribution in [2.24, 2.45) is 0 Å². The zero-order chi connectivity index (χ0) is 20.3. The number of likely N-dealkylation sites (tertiary alicyclic amines) is 1. The van der Waals surface area contributed by atoms with Gasteiger partial charge in [0.2, 0.25) is 0 Å². The first kappa shape index (κ1) is 19.9. The molecule has 2 heterocycles. The van der Waals surface area contributed by atoms with Crippen LogP contribution in [0.25, 0.3) is 5.76 Å². The number of benzene rings is 1. The van der Waals surface area contributed by atoms with Crippen LogP contribution >= 0.6 is 11.6 Å². The highest BCUT2D eigenvalue weighted by Crippen LogP contribution is 2.40. The number of aromatic nitrogens is 1. The summed E-state index contributed by atoms with van der Waals surface area (Å²) < 4.78 is 10.2. The SMILES string of the molecule is COCCN1C(=O)C(=O)/C(=C(/O)c2cc(OC)ccc2Cl)C1c1ccccn1. The topological polar surface area (TPSA) is 89.0 Å². The zero-order valence-corrected chi connectivity index (χ0v) is 16.1. The quantitative estimate of drug-likeness (QED) is 0.454. The second-order valence-corrected chi connectivity index (χ2v) is 6.49. The highest BCUT2D eigenvalue weighted by atomic mass is 35.5. The molecular formula is C20H19ClN2O5. The van der Waals surface area contributed by atoms with Crippen molar-refractivity contribution in [3.05, 3.63) is 64.4 Å². The van der Waals surface area contributed by atoms with Crippen LogP contribution in [0, 0.1) is 0 Å². The molecule has 1 aromatic carbocycles. The number of aliphatic hydroxyl groups is 1. The Balaban J connectivity index is 2.19. The molecule has 1 amide bonds. The summed E-state index contributed by atoms with van der Waals surface area (Å²) in [5.41, 5.74) is 0.583. The summed E-state index contributed by atoms with van der Waals surface area (Å²) in [4.78, 5) is 31.1. The number of pyridine rings is 1. The second-order valence-electron chi connectivity index (χ2n) is 6.09. The van der Waals surface area contributed by atoms with E-state index in [0.717, 1.165) is 0 Å². The molecule has 1 aromatic heterocycles. The van der Waals surface area contributed by atoms with Gasteiger partial charge in [0.25, 0.3) is 11.7 Å². The van der Waals surface area contributed by atoms with E-state index in [0.29, 0.717) is 11.4 Å². The number of hydrogen-bond donors (Lipinski definition) is 1. The summed E-state index contributed by atoms with van der Waals surface area (Å²) in [7, 11) is 2.98. The van der Waals surface area contributed by atoms with Crippen LogP contribution in [0.5, 0.6) is 5.75 Å². The van der Waals surface area contributed by atoms with Crippen LogP contribution in [0.1, 0.15) is 17.3 Å². The Morgan fingerprint density at radius 1 is 1.25 bits per heavy atom. The molecule has 1 unspecified atom stereocenters. The molecule has 7 nitrogen and oxygen atoms in total. The number of aliphatic hydroxyl groups excluding tert-OH is 1. The zero-order valence-electron chi connectivity index (χ0n) is 15.4. The van der Waals surface area contributed by atoms with Crippen molar-refractivity contribution < 1.29 is 24.2 Å². The molecule has 1 aliphatic heterocycles. The molecule has 3 rings (SSSR count). The lowest BCUT2D eigenvalue weighted by atomic mass is 9.98. The third kappa shape index (κ3) is 3.58. The molecule has 8 heteroatoms. The number of carbonyl (C=O) groups is 2. The fourth-order valence-electron chi connectivity index (χ4n) is 3.10. The summed E-state index contributed by atoms with van der Waals surface area (Å²) in [6, 6.07) is 9.01. The Kier molecular flexibility index (Phi) is 5.96. The molecule has 1 atom stereocenters. The molecule has 0 aliphatic carbocycles. The molecule has 2 aromatic rings. The monoisotopic (exact) mass is 402 g/mol. The van der Waals surface area contributed by atoms with E-state index in [4.69, 9.17) is 21.1 Å². The van der Waals surface area contributed by atoms with Crippen molar-refractivity contribution in [1.29, 1.82) is 0 Å². The van der Waals surface area contributed by atoms with Crippen molar-refractivity contribution in [2.75, 3.05) is 27.4 Å². The van der Waals surface area contributed by atoms with Gasteiger partial charge in [-0.3, -0.25) is 14.6 Å². The molecule has 28 heavy (non-hydrogen) atoms. The number of rotatable bonds is 6. The second kappa shape index (κ2) is 8.41. The molecule has 1 saturated heterocycles. The average Bonchev–Trinajstić information content (AvgIpc) is 2.97. The van der Waals surface area contributed by atoms with Gasteiger partial charge in [0.05, 0.1) is 30.0 Å². The number of amides is 1. The molecule has 0 spiro atoms. The molecule has 1 N–H and O–H groups in total. The van der Waals surface area contributed by atoms with E-state index in [1.54, 1.807) is 36.5 Å². The van der Waals surface area contributed by atoms with E-state index >= 15 is 0 Å². The lowest BCUT2D eigenvalue weighted by molar-refractivity contribution is -0.140. The van der Waals surface area contributed by atoms with Crippen molar-refractivity contribution in [3.63, 3.8) is 0 Å². The Labute approximate surface area is 167 Å². The Morgan fingerprint density at radius 3 is 2.68 bits per heavy atom. The summed E-state index contributed by atoms with van der Waals surface area (Å²) in [6.45, 7) is 0.404. The van der Waals surface area contributed by atoms with Crippen molar-refractivity contribution in [3.8, 4) is 5.75 Å². The Hall–Kier alpha value is -2.90. The van der Waals surface area contributed by atoms with Gasteiger partial charge in [-0.25, -0.2) is 0 Å². The number of carbonyl (C=O) groups excluding carboxylic acids is 2. The third-order valence-corrected chi connectivity index (χ3v) is 4.80. The van der Waals surface area contributed by atoms with Crippen LogP contribution in [0.4, 0.5) is 0 Å². The predicted octanol–water partition coefficient (Wildman–Crippen LogP) is 2.81. The summed E-state index contributed by atoms with van der Waals surface area (Å²) in [5.74, 6) is -1.46. The van der Waals surface area contributed by atoms with Crippen LogP contribution in [0.15, 0.2) is 48.2 Å². The maximum atomic E-state index is 12.8. The molecule has 1 fully saturated rings. The minimum Gasteiger partial charge on any atom is -0.507 e. The number of Topliss-reactive ketones (excluding diaryl/α,β-unsaturated/α-hetero) is 1. The molecule has 0 radical (unpaired) electrons. The van der Waals surface area contributed by atoms with Gasteiger partial charge in [0.15, 0.2) is 0 Å². The van der Waals surface area contributed by atoms with E-state index in [1.807, 2.05) is 0 Å². The highest BCUT2D eigenvalue weighted by Gasteiger charge is 2.46. The molecule has 0 bridgehead atoms. The fourth-order valence-corrected chi connectivity index (χ4v) is 3.31. The van der Waals surface area contributed by atoms with Crippen molar-refractivity contribution in [2.45, 2.75) is 6.04 Å². The smallest absolute Gasteiger partial charge is 0.295 e. The van der Waals surface area contributed by atoms with Crippen LogP contribution in [0.2, 0.25) is 5.02 Å². The largest absolute Gasteiger partial charge is 0.507 e. The van der Waals surface area contributed by atoms with Crippen LogP contribution in [0.3, 0.4) is 0 Å². The van der Waals surface area contributed by atoms with Gasteiger partial charge >= 0.3 is 0 Å². The first-order valence-electron chi connectivity index (χ1n) is 8.51. The van der Waals surface area contributed by atoms with Crippen molar-refractivity contribution in [1.82, 2.24) is 9.88 Å². The highest BCUT2D eigenvalue weighted by molar-refractivity contribution is 6.47. The lowest BCUT2D eigenvalue weighted by Gasteiger charge is -2.24. The molecule has 146 valence electrons. The van der Waals surface area contributed by atoms with E-state index in [9.17, 15) is 14.7 Å². The molecule has 0 saturated carbocycles. The third-order valence-electron chi connectivity index (χ3n) is 4.47. The number of hydrogen-bond acceptors (Lipinski definition) is 6. The van der Waals surface area contributed by atoms with Gasteiger partial charge in [0.1, 0.15) is 17.6 Å². The lowest BCUT2D eigenvalue weighted by Crippen LogP contribution is -2.33. The van der Waals surface area contributed by atoms with Crippen LogP contribution < -0.4 is 4.74 Å². The van der Waals surface area contributed by atoms with Crippen molar-refractivity contribution >= 4 is 29.1 Å². The van der Waals surface area contributed by atoms with Gasteiger partial charge in [-0.2, -0.15) is 0 Å². The number of ketones is 1. The first-order chi connectivity index (χ1) is 13.5. The summed E-state index contributed by atoms with van der Waals surface area (Å²) in [5, 5.41) is 11.2. The summed E-state index contributed by atoms with van der Waals surface area (Å²) >= 11 is 6.23.